The second-order valence-electron chi connectivity index (χ2n) is 8.78. The highest BCUT2D eigenvalue weighted by molar-refractivity contribution is 6.30. The van der Waals surface area contributed by atoms with Gasteiger partial charge in [-0.2, -0.15) is 13.2 Å². The fraction of sp³-hybridized carbons (Fsp3) is 0.250. The largest absolute Gasteiger partial charge is 0.497 e. The minimum absolute atomic E-state index is 0.0110. The van der Waals surface area contributed by atoms with E-state index in [1.54, 1.807) is 42.3 Å². The number of aromatic amines is 1. The van der Waals surface area contributed by atoms with Crippen molar-refractivity contribution < 1.29 is 41.7 Å². The van der Waals surface area contributed by atoms with Gasteiger partial charge in [0.2, 0.25) is 0 Å². The van der Waals surface area contributed by atoms with Crippen molar-refractivity contribution in [1.29, 1.82) is 0 Å². The monoisotopic (exact) mass is 580 g/mol. The van der Waals surface area contributed by atoms with Crippen molar-refractivity contribution >= 4 is 34.0 Å². The number of anilines is 1. The summed E-state index contributed by atoms with van der Waals surface area (Å²) in [7, 11) is 4.45. The number of likely N-dealkylation sites (N-methyl/N-ethyl adjacent to an activating group) is 1. The zero-order valence-corrected chi connectivity index (χ0v) is 22.4. The second kappa shape index (κ2) is 11.6. The Morgan fingerprint density at radius 1 is 1.07 bits per heavy atom. The Hall–Kier alpha value is -3.96. The van der Waals surface area contributed by atoms with E-state index in [0.717, 1.165) is 0 Å². The molecule has 0 aliphatic heterocycles. The Morgan fingerprint density at radius 2 is 1.80 bits per heavy atom. The number of alkyl halides is 3. The molecule has 0 saturated heterocycles. The number of Topliss-reactive ketones (excluding diaryl/α,β-unsaturated/α-hetero) is 1. The van der Waals surface area contributed by atoms with E-state index in [2.05, 4.69) is 4.98 Å². The molecule has 1 heterocycles. The van der Waals surface area contributed by atoms with Crippen LogP contribution in [0.15, 0.2) is 54.7 Å². The van der Waals surface area contributed by atoms with Gasteiger partial charge in [0.05, 0.1) is 26.4 Å². The normalized spacial score (nSPS) is 12.3. The van der Waals surface area contributed by atoms with Gasteiger partial charge in [0, 0.05) is 64.2 Å². The molecule has 3 aromatic carbocycles. The lowest BCUT2D eigenvalue weighted by molar-refractivity contribution is -0.139. The molecule has 40 heavy (non-hydrogen) atoms. The molecule has 0 aliphatic rings. The summed E-state index contributed by atoms with van der Waals surface area (Å²) in [6, 6.07) is 9.69. The summed E-state index contributed by atoms with van der Waals surface area (Å²) in [6.45, 7) is -0.219. The van der Waals surface area contributed by atoms with E-state index in [9.17, 15) is 22.4 Å². The summed E-state index contributed by atoms with van der Waals surface area (Å²) in [6.07, 6.45) is -3.71. The highest BCUT2D eigenvalue weighted by atomic mass is 35.5. The lowest BCUT2D eigenvalue weighted by Gasteiger charge is -2.31. The van der Waals surface area contributed by atoms with Crippen LogP contribution < -0.4 is 19.1 Å². The quantitative estimate of drug-likeness (QED) is 0.166. The van der Waals surface area contributed by atoms with Crippen LogP contribution in [0, 0.1) is 5.82 Å². The molecular weight excluding hydrogens is 556 g/mol. The number of nitrogens with one attached hydrogen (secondary N) is 1. The van der Waals surface area contributed by atoms with Gasteiger partial charge in [-0.15, -0.1) is 0 Å². The minimum Gasteiger partial charge on any atom is -0.497 e. The number of hydrogen-bond acceptors (Lipinski definition) is 6. The third kappa shape index (κ3) is 5.80. The van der Waals surface area contributed by atoms with Gasteiger partial charge in [0.15, 0.2) is 5.78 Å². The van der Waals surface area contributed by atoms with Crippen molar-refractivity contribution in [3.05, 3.63) is 82.3 Å². The van der Waals surface area contributed by atoms with E-state index in [0.29, 0.717) is 39.9 Å². The Morgan fingerprint density at radius 3 is 2.45 bits per heavy atom. The molecule has 0 aliphatic carbocycles. The van der Waals surface area contributed by atoms with Gasteiger partial charge in [-0.3, -0.25) is 4.79 Å². The maximum absolute atomic E-state index is 14.2. The lowest BCUT2D eigenvalue weighted by atomic mass is 9.94. The molecule has 0 amide bonds. The van der Waals surface area contributed by atoms with Crippen LogP contribution in [0.1, 0.15) is 27.5 Å². The molecule has 1 unspecified atom stereocenters. The van der Waals surface area contributed by atoms with Gasteiger partial charge in [-0.25, -0.2) is 4.39 Å². The van der Waals surface area contributed by atoms with Crippen LogP contribution in [0.4, 0.5) is 23.2 Å². The maximum atomic E-state index is 14.2. The average molecular weight is 581 g/mol. The Kier molecular flexibility index (Phi) is 8.45. The maximum Gasteiger partial charge on any atom is 0.419 e. The number of aliphatic hydroxyl groups excluding tert-OH is 1. The summed E-state index contributed by atoms with van der Waals surface area (Å²) in [5.41, 5.74) is -0.730. The third-order valence-corrected chi connectivity index (χ3v) is 6.57. The van der Waals surface area contributed by atoms with E-state index >= 15 is 0 Å². The number of halogens is 5. The molecule has 1 aromatic heterocycles. The number of ketones is 1. The average Bonchev–Trinajstić information content (AvgIpc) is 3.33. The zero-order valence-electron chi connectivity index (χ0n) is 21.6. The number of rotatable bonds is 10. The Bertz CT molecular complexity index is 1540. The Labute approximate surface area is 231 Å². The number of carbonyl (C=O) groups is 1. The standard InChI is InChI=1S/C28H25ClF4N2O5/c1-35(16-9-17(38-2)11-18(10-16)40-7-6-36)26(19-5-4-15(29)8-25(19)39-3)27(37)21-14-34-24-13-23(30)22(12-20(21)24)28(31,32)33/h4-5,8-14,26,34,36H,6-7H2,1-3H3. The third-order valence-electron chi connectivity index (χ3n) is 6.33. The van der Waals surface area contributed by atoms with Gasteiger partial charge in [0.25, 0.3) is 0 Å². The number of aromatic nitrogens is 1. The molecule has 1 atom stereocenters. The van der Waals surface area contributed by atoms with Crippen LogP contribution in [0.5, 0.6) is 17.2 Å². The first kappa shape index (κ1) is 29.0. The van der Waals surface area contributed by atoms with Crippen LogP contribution in [0.2, 0.25) is 5.02 Å². The molecule has 0 fully saturated rings. The topological polar surface area (TPSA) is 84.0 Å². The first-order valence-corrected chi connectivity index (χ1v) is 12.3. The first-order valence-electron chi connectivity index (χ1n) is 11.9. The number of hydrogen-bond donors (Lipinski definition) is 2. The van der Waals surface area contributed by atoms with E-state index in [1.165, 1.54) is 26.5 Å². The number of aliphatic hydroxyl groups is 1. The van der Waals surface area contributed by atoms with Crippen molar-refractivity contribution in [3.8, 4) is 17.2 Å². The summed E-state index contributed by atoms with van der Waals surface area (Å²) >= 11 is 6.16. The molecule has 2 N–H and O–H groups in total. The number of nitrogens with zero attached hydrogens (tertiary/aromatic N) is 1. The van der Waals surface area contributed by atoms with Crippen molar-refractivity contribution in [2.45, 2.75) is 12.2 Å². The summed E-state index contributed by atoms with van der Waals surface area (Å²) in [5.74, 6) is -1.06. The number of fused-ring (bicyclic) bond motifs is 1. The molecule has 4 rings (SSSR count). The van der Waals surface area contributed by atoms with E-state index in [-0.39, 0.29) is 35.4 Å². The van der Waals surface area contributed by atoms with Crippen molar-refractivity contribution in [2.24, 2.45) is 0 Å². The van der Waals surface area contributed by atoms with Crippen LogP contribution in [0.25, 0.3) is 10.9 Å². The number of ether oxygens (including phenoxy) is 3. The zero-order chi connectivity index (χ0) is 29.2. The SMILES string of the molecule is COc1cc(OCCO)cc(N(C)C(C(=O)c2c[nH]c3cc(F)c(C(F)(F)F)cc23)c2ccc(Cl)cc2OC)c1. The smallest absolute Gasteiger partial charge is 0.419 e. The number of H-pyrrole nitrogens is 1. The molecule has 0 radical (unpaired) electrons. The predicted molar refractivity (Wildman–Crippen MR) is 142 cm³/mol. The number of methoxy groups -OCH3 is 2. The summed E-state index contributed by atoms with van der Waals surface area (Å²) < 4.78 is 71.2. The van der Waals surface area contributed by atoms with Gasteiger partial charge in [-0.05, 0) is 24.3 Å². The fourth-order valence-corrected chi connectivity index (χ4v) is 4.58. The molecule has 7 nitrogen and oxygen atoms in total. The van der Waals surface area contributed by atoms with Crippen LogP contribution in [-0.4, -0.2) is 50.4 Å². The van der Waals surface area contributed by atoms with Crippen molar-refractivity contribution in [1.82, 2.24) is 4.98 Å². The van der Waals surface area contributed by atoms with Gasteiger partial charge in [0.1, 0.15) is 35.7 Å². The van der Waals surface area contributed by atoms with E-state index in [1.807, 2.05) is 0 Å². The van der Waals surface area contributed by atoms with E-state index < -0.39 is 29.4 Å². The highest BCUT2D eigenvalue weighted by Gasteiger charge is 2.36. The number of carbonyl (C=O) groups excluding carboxylic acids is 1. The van der Waals surface area contributed by atoms with Gasteiger partial charge < -0.3 is 29.2 Å². The molecule has 212 valence electrons. The summed E-state index contributed by atoms with van der Waals surface area (Å²) in [5, 5.41) is 9.41. The van der Waals surface area contributed by atoms with Crippen LogP contribution >= 0.6 is 11.6 Å². The molecule has 0 bridgehead atoms. The molecule has 4 aromatic rings. The molecule has 0 saturated carbocycles. The van der Waals surface area contributed by atoms with Crippen molar-refractivity contribution in [2.75, 3.05) is 39.4 Å². The molecule has 12 heteroatoms. The Balaban J connectivity index is 1.91. The van der Waals surface area contributed by atoms with Crippen LogP contribution in [0.3, 0.4) is 0 Å². The van der Waals surface area contributed by atoms with Crippen molar-refractivity contribution in [3.63, 3.8) is 0 Å². The molecular formula is C28H25ClF4N2O5. The fourth-order valence-electron chi connectivity index (χ4n) is 4.42. The highest BCUT2D eigenvalue weighted by Crippen LogP contribution is 2.40. The minimum atomic E-state index is -4.96. The van der Waals surface area contributed by atoms with Gasteiger partial charge in [-0.1, -0.05) is 17.7 Å². The molecule has 0 spiro atoms. The number of benzene rings is 3. The van der Waals surface area contributed by atoms with Gasteiger partial charge >= 0.3 is 6.18 Å². The second-order valence-corrected chi connectivity index (χ2v) is 9.22. The summed E-state index contributed by atoms with van der Waals surface area (Å²) in [4.78, 5) is 18.5. The van der Waals surface area contributed by atoms with Crippen LogP contribution in [-0.2, 0) is 6.18 Å². The predicted octanol–water partition coefficient (Wildman–Crippen LogP) is 6.43. The van der Waals surface area contributed by atoms with E-state index in [4.69, 9.17) is 30.9 Å². The lowest BCUT2D eigenvalue weighted by Crippen LogP contribution is -2.31. The first-order chi connectivity index (χ1) is 19.0.